The van der Waals surface area contributed by atoms with Gasteiger partial charge < -0.3 is 9.64 Å². The SMILES string of the molecule is CC1CN(C(=O)Nc2ccnc3ccnn23)CC2(CCCCC2)O1. The number of anilines is 1. The minimum atomic E-state index is -0.160. The summed E-state index contributed by atoms with van der Waals surface area (Å²) >= 11 is 0. The van der Waals surface area contributed by atoms with Crippen LogP contribution in [0.1, 0.15) is 39.0 Å². The van der Waals surface area contributed by atoms with E-state index < -0.39 is 0 Å². The summed E-state index contributed by atoms with van der Waals surface area (Å²) in [6.45, 7) is 3.32. The van der Waals surface area contributed by atoms with Gasteiger partial charge in [0.05, 0.1) is 24.4 Å². The molecule has 1 atom stereocenters. The molecular formula is C17H23N5O2. The minimum Gasteiger partial charge on any atom is -0.368 e. The fourth-order valence-corrected chi connectivity index (χ4v) is 3.97. The van der Waals surface area contributed by atoms with Gasteiger partial charge in [0.25, 0.3) is 0 Å². The van der Waals surface area contributed by atoms with E-state index in [0.29, 0.717) is 24.6 Å². The molecule has 7 nitrogen and oxygen atoms in total. The van der Waals surface area contributed by atoms with Crippen molar-refractivity contribution in [3.63, 3.8) is 0 Å². The number of ether oxygens (including phenoxy) is 1. The van der Waals surface area contributed by atoms with Gasteiger partial charge in [-0.05, 0) is 25.8 Å². The highest BCUT2D eigenvalue weighted by atomic mass is 16.5. The van der Waals surface area contributed by atoms with Crippen LogP contribution in [0.25, 0.3) is 5.65 Å². The molecule has 1 unspecified atom stereocenters. The number of morpholine rings is 1. The van der Waals surface area contributed by atoms with Gasteiger partial charge in [-0.25, -0.2) is 9.78 Å². The molecule has 2 aliphatic rings. The second kappa shape index (κ2) is 6.05. The van der Waals surface area contributed by atoms with Gasteiger partial charge >= 0.3 is 6.03 Å². The third kappa shape index (κ3) is 2.84. The summed E-state index contributed by atoms with van der Waals surface area (Å²) in [5.41, 5.74) is 0.555. The summed E-state index contributed by atoms with van der Waals surface area (Å²) in [5.74, 6) is 0.631. The molecule has 24 heavy (non-hydrogen) atoms. The fourth-order valence-electron chi connectivity index (χ4n) is 3.97. The molecule has 7 heteroatoms. The molecule has 2 amide bonds. The number of urea groups is 1. The van der Waals surface area contributed by atoms with Crippen molar-refractivity contribution in [2.24, 2.45) is 0 Å². The average molecular weight is 329 g/mol. The second-order valence-corrected chi connectivity index (χ2v) is 6.91. The van der Waals surface area contributed by atoms with E-state index in [2.05, 4.69) is 15.4 Å². The molecular weight excluding hydrogens is 306 g/mol. The van der Waals surface area contributed by atoms with Gasteiger partial charge in [0.15, 0.2) is 5.65 Å². The van der Waals surface area contributed by atoms with Gasteiger partial charge in [0, 0.05) is 18.8 Å². The average Bonchev–Trinajstić information content (AvgIpc) is 3.04. The molecule has 4 rings (SSSR count). The Morgan fingerprint density at radius 3 is 2.96 bits per heavy atom. The van der Waals surface area contributed by atoms with E-state index >= 15 is 0 Å². The molecule has 0 aromatic carbocycles. The first-order valence-corrected chi connectivity index (χ1v) is 8.68. The Hall–Kier alpha value is -2.15. The van der Waals surface area contributed by atoms with Gasteiger partial charge in [-0.2, -0.15) is 9.61 Å². The number of aromatic nitrogens is 3. The fraction of sp³-hybridized carbons (Fsp3) is 0.588. The summed E-state index contributed by atoms with van der Waals surface area (Å²) in [7, 11) is 0. The zero-order chi connectivity index (χ0) is 16.6. The number of nitrogens with one attached hydrogen (secondary N) is 1. The van der Waals surface area contributed by atoms with E-state index in [1.165, 1.54) is 19.3 Å². The third-order valence-corrected chi connectivity index (χ3v) is 4.98. The molecule has 1 spiro atoms. The van der Waals surface area contributed by atoms with Gasteiger partial charge in [0.1, 0.15) is 5.82 Å². The minimum absolute atomic E-state index is 0.0600. The largest absolute Gasteiger partial charge is 0.368 e. The number of nitrogens with zero attached hydrogens (tertiary/aromatic N) is 4. The maximum absolute atomic E-state index is 12.8. The van der Waals surface area contributed by atoms with Gasteiger partial charge in [-0.15, -0.1) is 0 Å². The van der Waals surface area contributed by atoms with Crippen molar-refractivity contribution >= 4 is 17.5 Å². The Morgan fingerprint density at radius 1 is 1.29 bits per heavy atom. The maximum Gasteiger partial charge on any atom is 0.323 e. The lowest BCUT2D eigenvalue weighted by Crippen LogP contribution is -2.58. The second-order valence-electron chi connectivity index (χ2n) is 6.91. The summed E-state index contributed by atoms with van der Waals surface area (Å²) in [5, 5.41) is 7.19. The first-order valence-electron chi connectivity index (χ1n) is 8.68. The van der Waals surface area contributed by atoms with Crippen LogP contribution in [0.4, 0.5) is 10.6 Å². The highest BCUT2D eigenvalue weighted by Crippen LogP contribution is 2.36. The molecule has 0 radical (unpaired) electrons. The first kappa shape index (κ1) is 15.4. The van der Waals surface area contributed by atoms with Crippen LogP contribution in [0.3, 0.4) is 0 Å². The number of hydrogen-bond acceptors (Lipinski definition) is 4. The monoisotopic (exact) mass is 329 g/mol. The van der Waals surface area contributed by atoms with Crippen molar-refractivity contribution in [2.45, 2.75) is 50.7 Å². The zero-order valence-electron chi connectivity index (χ0n) is 13.9. The standard InChI is InChI=1S/C17H23N5O2/c1-13-11-21(12-17(24-13)7-3-2-4-8-17)16(23)20-15-5-9-18-14-6-10-19-22(14)15/h5-6,9-10,13H,2-4,7-8,11-12H2,1H3,(H,20,23). The van der Waals surface area contributed by atoms with Crippen LogP contribution >= 0.6 is 0 Å². The van der Waals surface area contributed by atoms with E-state index in [0.717, 1.165) is 12.8 Å². The molecule has 2 fully saturated rings. The molecule has 3 heterocycles. The normalized spacial score (nSPS) is 23.5. The molecule has 1 aliphatic heterocycles. The van der Waals surface area contributed by atoms with Crippen molar-refractivity contribution in [1.29, 1.82) is 0 Å². The maximum atomic E-state index is 12.8. The van der Waals surface area contributed by atoms with E-state index in [-0.39, 0.29) is 17.7 Å². The highest BCUT2D eigenvalue weighted by molar-refractivity contribution is 5.88. The van der Waals surface area contributed by atoms with Crippen LogP contribution in [-0.2, 0) is 4.74 Å². The van der Waals surface area contributed by atoms with Crippen LogP contribution in [0.2, 0.25) is 0 Å². The quantitative estimate of drug-likeness (QED) is 0.873. The van der Waals surface area contributed by atoms with Gasteiger partial charge in [0.2, 0.25) is 0 Å². The predicted molar refractivity (Wildman–Crippen MR) is 89.9 cm³/mol. The molecule has 1 aliphatic carbocycles. The summed E-state index contributed by atoms with van der Waals surface area (Å²) in [6.07, 6.45) is 9.12. The van der Waals surface area contributed by atoms with Crippen LogP contribution < -0.4 is 5.32 Å². The van der Waals surface area contributed by atoms with Crippen LogP contribution in [0.15, 0.2) is 24.5 Å². The van der Waals surface area contributed by atoms with E-state index in [9.17, 15) is 4.79 Å². The number of hydrogen-bond donors (Lipinski definition) is 1. The Morgan fingerprint density at radius 2 is 2.12 bits per heavy atom. The summed E-state index contributed by atoms with van der Waals surface area (Å²) < 4.78 is 7.89. The Kier molecular flexibility index (Phi) is 3.88. The molecule has 2 aromatic heterocycles. The van der Waals surface area contributed by atoms with E-state index in [1.807, 2.05) is 17.9 Å². The van der Waals surface area contributed by atoms with Gasteiger partial charge in [-0.3, -0.25) is 5.32 Å². The lowest BCUT2D eigenvalue weighted by Gasteiger charge is -2.47. The Labute approximate surface area is 141 Å². The van der Waals surface area contributed by atoms with E-state index in [4.69, 9.17) is 4.74 Å². The lowest BCUT2D eigenvalue weighted by molar-refractivity contribution is -0.152. The molecule has 1 saturated carbocycles. The van der Waals surface area contributed by atoms with E-state index in [1.54, 1.807) is 23.0 Å². The van der Waals surface area contributed by atoms with Crippen molar-refractivity contribution in [1.82, 2.24) is 19.5 Å². The number of carbonyl (C=O) groups is 1. The van der Waals surface area contributed by atoms with Crippen molar-refractivity contribution < 1.29 is 9.53 Å². The van der Waals surface area contributed by atoms with Crippen molar-refractivity contribution in [3.05, 3.63) is 24.5 Å². The van der Waals surface area contributed by atoms with Crippen molar-refractivity contribution in [2.75, 3.05) is 18.4 Å². The van der Waals surface area contributed by atoms with Crippen LogP contribution in [0, 0.1) is 0 Å². The van der Waals surface area contributed by atoms with Crippen LogP contribution in [0.5, 0.6) is 0 Å². The molecule has 2 aromatic rings. The molecule has 1 N–H and O–H groups in total. The number of fused-ring (bicyclic) bond motifs is 1. The molecule has 1 saturated heterocycles. The summed E-state index contributed by atoms with van der Waals surface area (Å²) in [6, 6.07) is 3.47. The van der Waals surface area contributed by atoms with Gasteiger partial charge in [-0.1, -0.05) is 19.3 Å². The lowest BCUT2D eigenvalue weighted by atomic mass is 9.83. The highest BCUT2D eigenvalue weighted by Gasteiger charge is 2.41. The molecule has 0 bridgehead atoms. The number of carbonyl (C=O) groups excluding carboxylic acids is 1. The number of rotatable bonds is 1. The smallest absolute Gasteiger partial charge is 0.323 e. The first-order chi connectivity index (χ1) is 11.7. The zero-order valence-corrected chi connectivity index (χ0v) is 13.9. The topological polar surface area (TPSA) is 71.8 Å². The van der Waals surface area contributed by atoms with Crippen molar-refractivity contribution in [3.8, 4) is 0 Å². The Bertz CT molecular complexity index is 737. The molecule has 128 valence electrons. The predicted octanol–water partition coefficient (Wildman–Crippen LogP) is 2.68. The third-order valence-electron chi connectivity index (χ3n) is 4.98. The van der Waals surface area contributed by atoms with Crippen LogP contribution in [-0.4, -0.2) is 50.3 Å². The number of amides is 2. The Balaban J connectivity index is 1.52. The summed E-state index contributed by atoms with van der Waals surface area (Å²) in [4.78, 5) is 18.9.